The molecule has 0 saturated carbocycles. The molecule has 0 saturated heterocycles. The standard InChI is InChI=1S/C17H16Cl2N2O2/c1-10(2)12-5-3-4-6-15(12)21-17(23)16(22)20-11-7-8-13(18)14(19)9-11/h3-10H,1-2H3,(H,20,22)(H,21,23). The van der Waals surface area contributed by atoms with Crippen molar-refractivity contribution < 1.29 is 9.59 Å². The Morgan fingerprint density at radius 2 is 1.57 bits per heavy atom. The lowest BCUT2D eigenvalue weighted by molar-refractivity contribution is -0.133. The molecule has 0 bridgehead atoms. The molecular formula is C17H16Cl2N2O2. The van der Waals surface area contributed by atoms with Crippen molar-refractivity contribution in [1.29, 1.82) is 0 Å². The number of rotatable bonds is 3. The lowest BCUT2D eigenvalue weighted by Gasteiger charge is -2.13. The number of halogens is 2. The molecular weight excluding hydrogens is 335 g/mol. The van der Waals surface area contributed by atoms with E-state index in [-0.39, 0.29) is 5.92 Å². The minimum Gasteiger partial charge on any atom is -0.318 e. The smallest absolute Gasteiger partial charge is 0.314 e. The van der Waals surface area contributed by atoms with Crippen LogP contribution >= 0.6 is 23.2 Å². The molecule has 2 N–H and O–H groups in total. The molecule has 2 rings (SSSR count). The molecule has 23 heavy (non-hydrogen) atoms. The van der Waals surface area contributed by atoms with Crippen LogP contribution in [0.3, 0.4) is 0 Å². The molecule has 2 aromatic carbocycles. The first-order valence-corrected chi connectivity index (χ1v) is 7.80. The number of hydrogen-bond acceptors (Lipinski definition) is 2. The van der Waals surface area contributed by atoms with Crippen LogP contribution in [0.2, 0.25) is 10.0 Å². The van der Waals surface area contributed by atoms with Crippen LogP contribution in [-0.4, -0.2) is 11.8 Å². The van der Waals surface area contributed by atoms with Crippen LogP contribution < -0.4 is 10.6 Å². The third kappa shape index (κ3) is 4.47. The van der Waals surface area contributed by atoms with Crippen LogP contribution in [0.25, 0.3) is 0 Å². The van der Waals surface area contributed by atoms with Gasteiger partial charge in [-0.05, 0) is 35.7 Å². The Balaban J connectivity index is 2.09. The molecule has 6 heteroatoms. The van der Waals surface area contributed by atoms with Gasteiger partial charge in [-0.2, -0.15) is 0 Å². The number of amides is 2. The fourth-order valence-electron chi connectivity index (χ4n) is 2.06. The van der Waals surface area contributed by atoms with Gasteiger partial charge in [-0.25, -0.2) is 0 Å². The zero-order valence-corrected chi connectivity index (χ0v) is 14.2. The minimum atomic E-state index is -0.776. The van der Waals surface area contributed by atoms with Crippen molar-refractivity contribution >= 4 is 46.4 Å². The molecule has 0 fully saturated rings. The van der Waals surface area contributed by atoms with Gasteiger partial charge in [0.25, 0.3) is 0 Å². The van der Waals surface area contributed by atoms with Crippen LogP contribution in [0.4, 0.5) is 11.4 Å². The summed E-state index contributed by atoms with van der Waals surface area (Å²) >= 11 is 11.7. The molecule has 0 atom stereocenters. The Bertz CT molecular complexity index is 745. The maximum atomic E-state index is 12.1. The first-order valence-electron chi connectivity index (χ1n) is 7.04. The van der Waals surface area contributed by atoms with Crippen molar-refractivity contribution in [2.45, 2.75) is 19.8 Å². The Morgan fingerprint density at radius 1 is 0.913 bits per heavy atom. The number of carbonyl (C=O) groups excluding carboxylic acids is 2. The SMILES string of the molecule is CC(C)c1ccccc1NC(=O)C(=O)Nc1ccc(Cl)c(Cl)c1. The van der Waals surface area contributed by atoms with E-state index in [1.807, 2.05) is 26.0 Å². The van der Waals surface area contributed by atoms with Crippen LogP contribution in [0, 0.1) is 0 Å². The molecule has 0 spiro atoms. The second-order valence-corrected chi connectivity index (χ2v) is 6.09. The molecule has 0 radical (unpaired) electrons. The molecule has 0 unspecified atom stereocenters. The quantitative estimate of drug-likeness (QED) is 0.788. The summed E-state index contributed by atoms with van der Waals surface area (Å²) in [5, 5.41) is 5.79. The van der Waals surface area contributed by atoms with Crippen molar-refractivity contribution in [2.75, 3.05) is 10.6 Å². The largest absolute Gasteiger partial charge is 0.318 e. The van der Waals surface area contributed by atoms with E-state index in [2.05, 4.69) is 10.6 Å². The Hall–Kier alpha value is -2.04. The summed E-state index contributed by atoms with van der Waals surface area (Å²) in [6, 6.07) is 12.0. The second-order valence-electron chi connectivity index (χ2n) is 5.28. The number of benzene rings is 2. The van der Waals surface area contributed by atoms with Crippen LogP contribution in [0.5, 0.6) is 0 Å². The summed E-state index contributed by atoms with van der Waals surface area (Å²) in [7, 11) is 0. The number of anilines is 2. The highest BCUT2D eigenvalue weighted by Gasteiger charge is 2.16. The van der Waals surface area contributed by atoms with Crippen LogP contribution in [0.1, 0.15) is 25.3 Å². The maximum absolute atomic E-state index is 12.1. The van der Waals surface area contributed by atoms with Gasteiger partial charge in [0.15, 0.2) is 0 Å². The van der Waals surface area contributed by atoms with Crippen molar-refractivity contribution in [2.24, 2.45) is 0 Å². The normalized spacial score (nSPS) is 10.5. The molecule has 0 heterocycles. The molecule has 0 aliphatic carbocycles. The van der Waals surface area contributed by atoms with Gasteiger partial charge in [0.2, 0.25) is 0 Å². The summed E-state index contributed by atoms with van der Waals surface area (Å²) in [5.74, 6) is -1.30. The zero-order valence-electron chi connectivity index (χ0n) is 12.7. The highest BCUT2D eigenvalue weighted by Crippen LogP contribution is 2.25. The lowest BCUT2D eigenvalue weighted by Crippen LogP contribution is -2.29. The molecule has 120 valence electrons. The van der Waals surface area contributed by atoms with Gasteiger partial charge in [-0.3, -0.25) is 9.59 Å². The fourth-order valence-corrected chi connectivity index (χ4v) is 2.35. The van der Waals surface area contributed by atoms with Crippen molar-refractivity contribution in [3.05, 3.63) is 58.1 Å². The summed E-state index contributed by atoms with van der Waals surface area (Å²) in [6.07, 6.45) is 0. The third-order valence-electron chi connectivity index (χ3n) is 3.21. The number of carbonyl (C=O) groups is 2. The van der Waals surface area contributed by atoms with Crippen molar-refractivity contribution in [3.8, 4) is 0 Å². The molecule has 0 aliphatic heterocycles. The molecule has 2 aromatic rings. The second kappa shape index (κ2) is 7.49. The Morgan fingerprint density at radius 3 is 2.22 bits per heavy atom. The van der Waals surface area contributed by atoms with E-state index in [9.17, 15) is 9.59 Å². The summed E-state index contributed by atoms with van der Waals surface area (Å²) < 4.78 is 0. The monoisotopic (exact) mass is 350 g/mol. The summed E-state index contributed by atoms with van der Waals surface area (Å²) in [6.45, 7) is 4.03. The third-order valence-corrected chi connectivity index (χ3v) is 3.95. The van der Waals surface area contributed by atoms with E-state index in [4.69, 9.17) is 23.2 Å². The van der Waals surface area contributed by atoms with E-state index in [1.54, 1.807) is 24.3 Å². The highest BCUT2D eigenvalue weighted by molar-refractivity contribution is 6.44. The van der Waals surface area contributed by atoms with Gasteiger partial charge in [0.05, 0.1) is 10.0 Å². The summed E-state index contributed by atoms with van der Waals surface area (Å²) in [4.78, 5) is 24.1. The first-order chi connectivity index (χ1) is 10.9. The molecule has 0 aliphatic rings. The van der Waals surface area contributed by atoms with Crippen molar-refractivity contribution in [1.82, 2.24) is 0 Å². The van der Waals surface area contributed by atoms with E-state index < -0.39 is 11.8 Å². The molecule has 2 amide bonds. The van der Waals surface area contributed by atoms with E-state index >= 15 is 0 Å². The average molecular weight is 351 g/mol. The topological polar surface area (TPSA) is 58.2 Å². The predicted octanol–water partition coefficient (Wildman–Crippen LogP) is 4.69. The Kier molecular flexibility index (Phi) is 5.64. The van der Waals surface area contributed by atoms with Gasteiger partial charge in [-0.15, -0.1) is 0 Å². The van der Waals surface area contributed by atoms with Gasteiger partial charge in [-0.1, -0.05) is 55.2 Å². The van der Waals surface area contributed by atoms with E-state index in [0.29, 0.717) is 21.4 Å². The van der Waals surface area contributed by atoms with Gasteiger partial charge >= 0.3 is 11.8 Å². The fraction of sp³-hybridized carbons (Fsp3) is 0.176. The van der Waals surface area contributed by atoms with E-state index in [0.717, 1.165) is 5.56 Å². The molecule has 0 aromatic heterocycles. The van der Waals surface area contributed by atoms with Crippen LogP contribution in [0.15, 0.2) is 42.5 Å². The summed E-state index contributed by atoms with van der Waals surface area (Å²) in [5.41, 5.74) is 1.98. The van der Waals surface area contributed by atoms with Crippen LogP contribution in [-0.2, 0) is 9.59 Å². The Labute approximate surface area is 144 Å². The predicted molar refractivity (Wildman–Crippen MR) is 94.3 cm³/mol. The number of nitrogens with one attached hydrogen (secondary N) is 2. The van der Waals surface area contributed by atoms with Crippen molar-refractivity contribution in [3.63, 3.8) is 0 Å². The maximum Gasteiger partial charge on any atom is 0.314 e. The van der Waals surface area contributed by atoms with Gasteiger partial charge < -0.3 is 10.6 Å². The minimum absolute atomic E-state index is 0.227. The lowest BCUT2D eigenvalue weighted by atomic mass is 10.0. The molecule has 4 nitrogen and oxygen atoms in total. The average Bonchev–Trinajstić information content (AvgIpc) is 2.51. The van der Waals surface area contributed by atoms with E-state index in [1.165, 1.54) is 6.07 Å². The number of hydrogen-bond donors (Lipinski definition) is 2. The number of para-hydroxylation sites is 1. The van der Waals surface area contributed by atoms with Gasteiger partial charge in [0.1, 0.15) is 0 Å². The zero-order chi connectivity index (χ0) is 17.0. The first kappa shape index (κ1) is 17.3. The van der Waals surface area contributed by atoms with Gasteiger partial charge in [0, 0.05) is 11.4 Å². The highest BCUT2D eigenvalue weighted by atomic mass is 35.5.